The standard InChI is InChI=1S/C16H28N2O/c1-12(2)13-6-7-15(19-5)14(10-13)16(3,4)11-18-9-8-17/h6-7,10,12,18H,8-9,11,17H2,1-5H3. The first-order valence-electron chi connectivity index (χ1n) is 7.01. The van der Waals surface area contributed by atoms with E-state index in [0.29, 0.717) is 12.5 Å². The molecule has 0 radical (unpaired) electrons. The number of nitrogens with one attached hydrogen (secondary N) is 1. The highest BCUT2D eigenvalue weighted by Crippen LogP contribution is 2.33. The summed E-state index contributed by atoms with van der Waals surface area (Å²) in [6, 6.07) is 6.50. The Hall–Kier alpha value is -1.06. The van der Waals surface area contributed by atoms with Gasteiger partial charge in [-0.2, -0.15) is 0 Å². The number of rotatable bonds is 7. The van der Waals surface area contributed by atoms with Gasteiger partial charge in [-0.1, -0.05) is 39.8 Å². The number of hydrogen-bond acceptors (Lipinski definition) is 3. The number of nitrogens with two attached hydrogens (primary N) is 1. The van der Waals surface area contributed by atoms with E-state index in [1.807, 2.05) is 0 Å². The molecule has 3 nitrogen and oxygen atoms in total. The Morgan fingerprint density at radius 3 is 2.53 bits per heavy atom. The van der Waals surface area contributed by atoms with E-state index in [1.165, 1.54) is 11.1 Å². The molecule has 0 aliphatic carbocycles. The topological polar surface area (TPSA) is 47.3 Å². The molecule has 0 amide bonds. The second kappa shape index (κ2) is 6.92. The predicted molar refractivity (Wildman–Crippen MR) is 82.0 cm³/mol. The third kappa shape index (κ3) is 4.22. The van der Waals surface area contributed by atoms with Crippen molar-refractivity contribution < 1.29 is 4.74 Å². The van der Waals surface area contributed by atoms with Gasteiger partial charge < -0.3 is 15.8 Å². The van der Waals surface area contributed by atoms with E-state index in [9.17, 15) is 0 Å². The van der Waals surface area contributed by atoms with E-state index in [1.54, 1.807) is 7.11 Å². The van der Waals surface area contributed by atoms with Crippen LogP contribution in [0.25, 0.3) is 0 Å². The van der Waals surface area contributed by atoms with Crippen molar-refractivity contribution in [2.45, 2.75) is 39.0 Å². The Labute approximate surface area is 117 Å². The third-order valence-electron chi connectivity index (χ3n) is 3.51. The molecule has 19 heavy (non-hydrogen) atoms. The van der Waals surface area contributed by atoms with Crippen molar-refractivity contribution in [1.29, 1.82) is 0 Å². The highest BCUT2D eigenvalue weighted by Gasteiger charge is 2.24. The number of methoxy groups -OCH3 is 1. The summed E-state index contributed by atoms with van der Waals surface area (Å²) in [5.41, 5.74) is 8.15. The van der Waals surface area contributed by atoms with Gasteiger partial charge >= 0.3 is 0 Å². The summed E-state index contributed by atoms with van der Waals surface area (Å²) >= 11 is 0. The molecular weight excluding hydrogens is 236 g/mol. The van der Waals surface area contributed by atoms with E-state index in [0.717, 1.165) is 18.8 Å². The van der Waals surface area contributed by atoms with Crippen LogP contribution in [-0.2, 0) is 5.41 Å². The fourth-order valence-electron chi connectivity index (χ4n) is 2.21. The molecule has 0 heterocycles. The van der Waals surface area contributed by atoms with Crippen molar-refractivity contribution in [3.8, 4) is 5.75 Å². The van der Waals surface area contributed by atoms with Gasteiger partial charge in [0.05, 0.1) is 7.11 Å². The van der Waals surface area contributed by atoms with Crippen molar-refractivity contribution in [2.75, 3.05) is 26.7 Å². The molecule has 108 valence electrons. The van der Waals surface area contributed by atoms with Crippen LogP contribution in [0.4, 0.5) is 0 Å². The lowest BCUT2D eigenvalue weighted by Gasteiger charge is -2.28. The largest absolute Gasteiger partial charge is 0.496 e. The molecule has 0 bridgehead atoms. The molecule has 0 atom stereocenters. The number of ether oxygens (including phenoxy) is 1. The maximum atomic E-state index is 5.53. The minimum absolute atomic E-state index is 0.0193. The Morgan fingerprint density at radius 2 is 2.00 bits per heavy atom. The van der Waals surface area contributed by atoms with E-state index >= 15 is 0 Å². The first-order chi connectivity index (χ1) is 8.92. The molecule has 0 saturated carbocycles. The van der Waals surface area contributed by atoms with Crippen LogP contribution in [0.2, 0.25) is 0 Å². The first kappa shape index (κ1) is 16.0. The number of hydrogen-bond donors (Lipinski definition) is 2. The molecule has 1 rings (SSSR count). The summed E-state index contributed by atoms with van der Waals surface area (Å²) in [7, 11) is 1.73. The van der Waals surface area contributed by atoms with E-state index in [2.05, 4.69) is 51.2 Å². The van der Waals surface area contributed by atoms with Crippen LogP contribution in [-0.4, -0.2) is 26.7 Å². The van der Waals surface area contributed by atoms with E-state index < -0.39 is 0 Å². The van der Waals surface area contributed by atoms with Crippen LogP contribution >= 0.6 is 0 Å². The summed E-state index contributed by atoms with van der Waals surface area (Å²) in [6.45, 7) is 11.3. The maximum absolute atomic E-state index is 5.53. The van der Waals surface area contributed by atoms with Crippen LogP contribution in [0, 0.1) is 0 Å². The van der Waals surface area contributed by atoms with Crippen LogP contribution in [0.3, 0.4) is 0 Å². The van der Waals surface area contributed by atoms with Gasteiger partial charge in [-0.3, -0.25) is 0 Å². The molecule has 0 aliphatic rings. The summed E-state index contributed by atoms with van der Waals surface area (Å²) < 4.78 is 5.52. The average molecular weight is 264 g/mol. The fraction of sp³-hybridized carbons (Fsp3) is 0.625. The molecule has 3 N–H and O–H groups in total. The quantitative estimate of drug-likeness (QED) is 0.744. The van der Waals surface area contributed by atoms with Crippen LogP contribution in [0.1, 0.15) is 44.7 Å². The van der Waals surface area contributed by atoms with Crippen molar-refractivity contribution in [1.82, 2.24) is 5.32 Å². The van der Waals surface area contributed by atoms with Gasteiger partial charge in [-0.15, -0.1) is 0 Å². The van der Waals surface area contributed by atoms with Gasteiger partial charge in [0.25, 0.3) is 0 Å². The van der Waals surface area contributed by atoms with Gasteiger partial charge in [0.2, 0.25) is 0 Å². The average Bonchev–Trinajstić information content (AvgIpc) is 2.38. The molecular formula is C16H28N2O. The number of benzene rings is 1. The third-order valence-corrected chi connectivity index (χ3v) is 3.51. The smallest absolute Gasteiger partial charge is 0.122 e. The van der Waals surface area contributed by atoms with Gasteiger partial charge in [-0.05, 0) is 17.5 Å². The van der Waals surface area contributed by atoms with Gasteiger partial charge in [0, 0.05) is 30.6 Å². The zero-order chi connectivity index (χ0) is 14.5. The lowest BCUT2D eigenvalue weighted by molar-refractivity contribution is 0.386. The second-order valence-corrected chi connectivity index (χ2v) is 5.96. The normalized spacial score (nSPS) is 11.9. The van der Waals surface area contributed by atoms with Crippen LogP contribution in [0.15, 0.2) is 18.2 Å². The van der Waals surface area contributed by atoms with E-state index in [-0.39, 0.29) is 5.41 Å². The summed E-state index contributed by atoms with van der Waals surface area (Å²) in [5.74, 6) is 1.49. The molecule has 1 aromatic carbocycles. The highest BCUT2D eigenvalue weighted by atomic mass is 16.5. The van der Waals surface area contributed by atoms with Gasteiger partial charge in [-0.25, -0.2) is 0 Å². The minimum atomic E-state index is 0.0193. The monoisotopic (exact) mass is 264 g/mol. The molecule has 0 unspecified atom stereocenters. The van der Waals surface area contributed by atoms with E-state index in [4.69, 9.17) is 10.5 Å². The molecule has 0 fully saturated rings. The molecule has 0 spiro atoms. The lowest BCUT2D eigenvalue weighted by Crippen LogP contribution is -2.35. The summed E-state index contributed by atoms with van der Waals surface area (Å²) in [5, 5.41) is 3.39. The zero-order valence-electron chi connectivity index (χ0n) is 12.9. The van der Waals surface area contributed by atoms with Crippen molar-refractivity contribution in [3.63, 3.8) is 0 Å². The Kier molecular flexibility index (Phi) is 5.83. The van der Waals surface area contributed by atoms with Crippen molar-refractivity contribution in [3.05, 3.63) is 29.3 Å². The Balaban J connectivity index is 3.03. The summed E-state index contributed by atoms with van der Waals surface area (Å²) in [4.78, 5) is 0. The first-order valence-corrected chi connectivity index (χ1v) is 7.01. The van der Waals surface area contributed by atoms with Crippen molar-refractivity contribution >= 4 is 0 Å². The Morgan fingerprint density at radius 1 is 1.32 bits per heavy atom. The molecule has 0 aliphatic heterocycles. The van der Waals surface area contributed by atoms with Gasteiger partial charge in [0.1, 0.15) is 5.75 Å². The molecule has 0 aromatic heterocycles. The Bertz CT molecular complexity index is 400. The lowest BCUT2D eigenvalue weighted by atomic mass is 9.82. The minimum Gasteiger partial charge on any atom is -0.496 e. The molecule has 0 saturated heterocycles. The molecule has 1 aromatic rings. The van der Waals surface area contributed by atoms with Crippen molar-refractivity contribution in [2.24, 2.45) is 5.73 Å². The maximum Gasteiger partial charge on any atom is 0.122 e. The second-order valence-electron chi connectivity index (χ2n) is 5.96. The van der Waals surface area contributed by atoms with Crippen LogP contribution < -0.4 is 15.8 Å². The predicted octanol–water partition coefficient (Wildman–Crippen LogP) is 2.64. The van der Waals surface area contributed by atoms with Crippen LogP contribution in [0.5, 0.6) is 5.75 Å². The zero-order valence-corrected chi connectivity index (χ0v) is 12.9. The fourth-order valence-corrected chi connectivity index (χ4v) is 2.21. The highest BCUT2D eigenvalue weighted by molar-refractivity contribution is 5.43. The van der Waals surface area contributed by atoms with Gasteiger partial charge in [0.15, 0.2) is 0 Å². The summed E-state index contributed by atoms with van der Waals surface area (Å²) in [6.07, 6.45) is 0. The SMILES string of the molecule is COc1ccc(C(C)C)cc1C(C)(C)CNCCN. The molecule has 3 heteroatoms.